The Morgan fingerprint density at radius 1 is 0.966 bits per heavy atom. The number of nitrogens with one attached hydrogen (secondary N) is 1. The lowest BCUT2D eigenvalue weighted by Gasteiger charge is -2.32. The van der Waals surface area contributed by atoms with E-state index in [1.807, 2.05) is 55.5 Å². The minimum Gasteiger partial charge on any atom is -0.460 e. The van der Waals surface area contributed by atoms with E-state index in [-0.39, 0.29) is 5.92 Å². The Hall–Kier alpha value is -3.02. The van der Waals surface area contributed by atoms with E-state index in [0.717, 1.165) is 22.6 Å². The highest BCUT2D eigenvalue weighted by atomic mass is 16.6. The molecule has 0 spiro atoms. The maximum absolute atomic E-state index is 12.6. The third-order valence-electron chi connectivity index (χ3n) is 4.59. The van der Waals surface area contributed by atoms with Gasteiger partial charge in [0.15, 0.2) is 0 Å². The van der Waals surface area contributed by atoms with Crippen LogP contribution in [0.5, 0.6) is 11.5 Å². The average Bonchev–Trinajstić information content (AvgIpc) is 2.64. The smallest absolute Gasteiger partial charge is 0.408 e. The molecular formula is C23H27NO5. The van der Waals surface area contributed by atoms with Crippen LogP contribution in [-0.2, 0) is 14.3 Å². The summed E-state index contributed by atoms with van der Waals surface area (Å²) in [7, 11) is 0. The van der Waals surface area contributed by atoms with Gasteiger partial charge >= 0.3 is 12.1 Å². The number of benzene rings is 2. The summed E-state index contributed by atoms with van der Waals surface area (Å²) in [5.41, 5.74) is 1.27. The van der Waals surface area contributed by atoms with Gasteiger partial charge < -0.3 is 19.5 Å². The molecule has 2 aromatic carbocycles. The van der Waals surface area contributed by atoms with Gasteiger partial charge in [0, 0.05) is 11.1 Å². The summed E-state index contributed by atoms with van der Waals surface area (Å²) in [6, 6.07) is 14.6. The van der Waals surface area contributed by atoms with E-state index in [2.05, 4.69) is 5.32 Å². The van der Waals surface area contributed by atoms with Crippen LogP contribution in [-0.4, -0.2) is 29.8 Å². The fourth-order valence-corrected chi connectivity index (χ4v) is 3.35. The molecule has 0 radical (unpaired) electrons. The van der Waals surface area contributed by atoms with E-state index >= 15 is 0 Å². The van der Waals surface area contributed by atoms with Crippen molar-refractivity contribution in [3.05, 3.63) is 59.7 Å². The summed E-state index contributed by atoms with van der Waals surface area (Å²) in [6.07, 6.45) is -1.12. The zero-order valence-corrected chi connectivity index (χ0v) is 17.4. The van der Waals surface area contributed by atoms with E-state index in [0.29, 0.717) is 0 Å². The first-order valence-corrected chi connectivity index (χ1v) is 9.71. The second kappa shape index (κ2) is 8.15. The van der Waals surface area contributed by atoms with Gasteiger partial charge in [-0.05, 0) is 46.8 Å². The summed E-state index contributed by atoms with van der Waals surface area (Å²) in [5.74, 6) is 0.802. The molecule has 1 amide bonds. The third kappa shape index (κ3) is 4.88. The molecular weight excluding hydrogens is 370 g/mol. The minimum atomic E-state index is -0.836. The second-order valence-electron chi connectivity index (χ2n) is 8.17. The molecule has 29 heavy (non-hydrogen) atoms. The number of alkyl carbamates (subject to hydrolysis) is 1. The van der Waals surface area contributed by atoms with Gasteiger partial charge in [0.25, 0.3) is 0 Å². The van der Waals surface area contributed by atoms with Crippen LogP contribution in [0, 0.1) is 0 Å². The molecule has 0 fully saturated rings. The van der Waals surface area contributed by atoms with Gasteiger partial charge in [-0.3, -0.25) is 0 Å². The van der Waals surface area contributed by atoms with Crippen LogP contribution < -0.4 is 10.1 Å². The molecule has 1 N–H and O–H groups in total. The fraction of sp³-hybridized carbons (Fsp3) is 0.391. The van der Waals surface area contributed by atoms with Crippen LogP contribution in [0.3, 0.4) is 0 Å². The van der Waals surface area contributed by atoms with Crippen molar-refractivity contribution in [1.29, 1.82) is 0 Å². The Morgan fingerprint density at radius 3 is 2.00 bits per heavy atom. The molecule has 1 aliphatic rings. The lowest BCUT2D eigenvalue weighted by Crippen LogP contribution is -2.43. The highest BCUT2D eigenvalue weighted by Crippen LogP contribution is 2.45. The maximum Gasteiger partial charge on any atom is 0.408 e. The lowest BCUT2D eigenvalue weighted by molar-refractivity contribution is -0.151. The van der Waals surface area contributed by atoms with E-state index in [1.165, 1.54) is 0 Å². The molecule has 0 aromatic heterocycles. The van der Waals surface area contributed by atoms with Gasteiger partial charge in [-0.25, -0.2) is 9.59 Å². The van der Waals surface area contributed by atoms with Crippen molar-refractivity contribution >= 4 is 12.1 Å². The average molecular weight is 397 g/mol. The molecule has 1 heterocycles. The zero-order valence-electron chi connectivity index (χ0n) is 17.4. The van der Waals surface area contributed by atoms with Gasteiger partial charge in [-0.2, -0.15) is 0 Å². The fourth-order valence-electron chi connectivity index (χ4n) is 3.35. The summed E-state index contributed by atoms with van der Waals surface area (Å²) in [5, 5.41) is 2.52. The number of para-hydroxylation sites is 2. The minimum absolute atomic E-state index is 0.172. The topological polar surface area (TPSA) is 73.9 Å². The van der Waals surface area contributed by atoms with Crippen molar-refractivity contribution in [3.63, 3.8) is 0 Å². The SMILES string of the molecule is CC(OC(=O)[C@H](C)NC(=O)OC(C)(C)C)C1c2ccccc2Oc2ccccc21. The van der Waals surface area contributed by atoms with E-state index < -0.39 is 29.8 Å². The molecule has 1 aliphatic heterocycles. The Kier molecular flexibility index (Phi) is 5.82. The molecule has 0 saturated carbocycles. The molecule has 3 rings (SSSR count). The van der Waals surface area contributed by atoms with Gasteiger partial charge in [0.1, 0.15) is 29.2 Å². The number of carbonyl (C=O) groups excluding carboxylic acids is 2. The molecule has 6 nitrogen and oxygen atoms in total. The predicted molar refractivity (Wildman–Crippen MR) is 109 cm³/mol. The second-order valence-corrected chi connectivity index (χ2v) is 8.17. The van der Waals surface area contributed by atoms with Crippen LogP contribution in [0.15, 0.2) is 48.5 Å². The highest BCUT2D eigenvalue weighted by Gasteiger charge is 2.34. The highest BCUT2D eigenvalue weighted by molar-refractivity contribution is 5.81. The number of carbonyl (C=O) groups is 2. The Morgan fingerprint density at radius 2 is 1.48 bits per heavy atom. The van der Waals surface area contributed by atoms with Crippen LogP contribution in [0.4, 0.5) is 4.79 Å². The van der Waals surface area contributed by atoms with Crippen molar-refractivity contribution in [2.45, 2.75) is 58.3 Å². The lowest BCUT2D eigenvalue weighted by atomic mass is 9.84. The molecule has 0 saturated heterocycles. The zero-order chi connectivity index (χ0) is 21.2. The number of fused-ring (bicyclic) bond motifs is 2. The molecule has 6 heteroatoms. The van der Waals surface area contributed by atoms with Crippen LogP contribution in [0.25, 0.3) is 0 Å². The third-order valence-corrected chi connectivity index (χ3v) is 4.59. The number of hydrogen-bond acceptors (Lipinski definition) is 5. The number of ether oxygens (including phenoxy) is 3. The van der Waals surface area contributed by atoms with Gasteiger partial charge in [0.05, 0.1) is 5.92 Å². The van der Waals surface area contributed by atoms with Crippen molar-refractivity contribution in [2.24, 2.45) is 0 Å². The molecule has 0 bridgehead atoms. The van der Waals surface area contributed by atoms with Crippen LogP contribution in [0.1, 0.15) is 51.7 Å². The molecule has 154 valence electrons. The van der Waals surface area contributed by atoms with Crippen molar-refractivity contribution in [1.82, 2.24) is 5.32 Å². The van der Waals surface area contributed by atoms with Crippen molar-refractivity contribution in [3.8, 4) is 11.5 Å². The van der Waals surface area contributed by atoms with Crippen molar-refractivity contribution < 1.29 is 23.8 Å². The maximum atomic E-state index is 12.6. The molecule has 0 aliphatic carbocycles. The van der Waals surface area contributed by atoms with E-state index in [4.69, 9.17) is 14.2 Å². The quantitative estimate of drug-likeness (QED) is 0.753. The first-order chi connectivity index (χ1) is 13.7. The summed E-state index contributed by atoms with van der Waals surface area (Å²) < 4.78 is 16.9. The Labute approximate surface area is 171 Å². The number of hydrogen-bond donors (Lipinski definition) is 1. The predicted octanol–water partition coefficient (Wildman–Crippen LogP) is 4.77. The summed E-state index contributed by atoms with van der Waals surface area (Å²) >= 11 is 0. The molecule has 1 unspecified atom stereocenters. The largest absolute Gasteiger partial charge is 0.460 e. The van der Waals surface area contributed by atoms with Crippen LogP contribution in [0.2, 0.25) is 0 Å². The van der Waals surface area contributed by atoms with E-state index in [1.54, 1.807) is 27.7 Å². The number of rotatable bonds is 4. The molecule has 2 aromatic rings. The van der Waals surface area contributed by atoms with Gasteiger partial charge in [-0.1, -0.05) is 36.4 Å². The standard InChI is InChI=1S/C23H27NO5/c1-14(24-22(26)29-23(3,4)5)21(25)27-15(2)20-16-10-6-8-12-18(16)28-19-13-9-7-11-17(19)20/h6-15,20H,1-5H3,(H,24,26)/t14-,15?/m0/s1. The van der Waals surface area contributed by atoms with Crippen LogP contribution >= 0.6 is 0 Å². The first-order valence-electron chi connectivity index (χ1n) is 9.71. The molecule has 2 atom stereocenters. The summed E-state index contributed by atoms with van der Waals surface area (Å²) in [6.45, 7) is 8.71. The Balaban J connectivity index is 1.74. The normalized spacial score (nSPS) is 15.2. The van der Waals surface area contributed by atoms with Gasteiger partial charge in [-0.15, -0.1) is 0 Å². The van der Waals surface area contributed by atoms with Crippen molar-refractivity contribution in [2.75, 3.05) is 0 Å². The Bertz CT molecular complexity index is 857. The number of esters is 1. The monoisotopic (exact) mass is 397 g/mol. The number of amides is 1. The summed E-state index contributed by atoms with van der Waals surface area (Å²) in [4.78, 5) is 24.5. The van der Waals surface area contributed by atoms with E-state index in [9.17, 15) is 9.59 Å². The van der Waals surface area contributed by atoms with Gasteiger partial charge in [0.2, 0.25) is 0 Å². The first kappa shape index (κ1) is 20.7.